The molecule has 0 saturated carbocycles. The molecule has 0 amide bonds. The molecular weight excluding hydrogens is 260 g/mol. The van der Waals surface area contributed by atoms with Gasteiger partial charge in [-0.2, -0.15) is 0 Å². The fraction of sp³-hybridized carbons (Fsp3) is 0.533. The van der Waals surface area contributed by atoms with Gasteiger partial charge in [0.2, 0.25) is 0 Å². The van der Waals surface area contributed by atoms with Gasteiger partial charge < -0.3 is 19.3 Å². The fourth-order valence-corrected chi connectivity index (χ4v) is 1.87. The summed E-state index contributed by atoms with van der Waals surface area (Å²) in [7, 11) is 0. The van der Waals surface area contributed by atoms with E-state index in [2.05, 4.69) is 0 Å². The Balaban J connectivity index is 2.54. The van der Waals surface area contributed by atoms with Crippen LogP contribution in [0.4, 0.5) is 4.79 Å². The smallest absolute Gasteiger partial charge is 0.450 e. The highest BCUT2D eigenvalue weighted by atomic mass is 16.7. The van der Waals surface area contributed by atoms with E-state index in [0.717, 1.165) is 5.56 Å². The Morgan fingerprint density at radius 1 is 1.15 bits per heavy atom. The summed E-state index contributed by atoms with van der Waals surface area (Å²) < 4.78 is 15.7. The summed E-state index contributed by atoms with van der Waals surface area (Å²) in [5.74, 6) is 0. The van der Waals surface area contributed by atoms with Crippen LogP contribution in [0.1, 0.15) is 25.8 Å². The molecule has 0 saturated heterocycles. The van der Waals surface area contributed by atoms with Gasteiger partial charge in [0, 0.05) is 13.0 Å². The van der Waals surface area contributed by atoms with Crippen molar-refractivity contribution in [3.63, 3.8) is 0 Å². The van der Waals surface area contributed by atoms with E-state index in [4.69, 9.17) is 19.3 Å². The second-order valence-corrected chi connectivity index (χ2v) is 4.52. The van der Waals surface area contributed by atoms with Crippen molar-refractivity contribution in [3.8, 4) is 0 Å². The average Bonchev–Trinajstić information content (AvgIpc) is 2.43. The minimum absolute atomic E-state index is 0.408. The minimum atomic E-state index is -1.29. The maximum absolute atomic E-state index is 10.9. The molecule has 1 rings (SSSR count). The lowest BCUT2D eigenvalue weighted by atomic mass is 9.92. The number of hydrogen-bond acceptors (Lipinski definition) is 4. The zero-order valence-electron chi connectivity index (χ0n) is 12.0. The van der Waals surface area contributed by atoms with Crippen LogP contribution in [-0.2, 0) is 19.8 Å². The van der Waals surface area contributed by atoms with Crippen molar-refractivity contribution in [2.45, 2.75) is 25.9 Å². The first-order valence-corrected chi connectivity index (χ1v) is 6.71. The SMILES string of the molecule is CCOCCOCCC(C)(OC(=O)O)c1ccccc1. The normalized spacial score (nSPS) is 13.7. The van der Waals surface area contributed by atoms with Crippen LogP contribution in [0.3, 0.4) is 0 Å². The molecule has 5 nitrogen and oxygen atoms in total. The van der Waals surface area contributed by atoms with Gasteiger partial charge in [0.15, 0.2) is 0 Å². The van der Waals surface area contributed by atoms with Gasteiger partial charge in [-0.15, -0.1) is 0 Å². The molecule has 0 radical (unpaired) electrons. The molecule has 20 heavy (non-hydrogen) atoms. The van der Waals surface area contributed by atoms with Gasteiger partial charge in [-0.1, -0.05) is 30.3 Å². The van der Waals surface area contributed by atoms with E-state index in [0.29, 0.717) is 32.8 Å². The largest absolute Gasteiger partial charge is 0.506 e. The van der Waals surface area contributed by atoms with Crippen molar-refractivity contribution in [1.82, 2.24) is 0 Å². The number of ether oxygens (including phenoxy) is 3. The minimum Gasteiger partial charge on any atom is -0.450 e. The number of carbonyl (C=O) groups is 1. The molecule has 0 fully saturated rings. The van der Waals surface area contributed by atoms with E-state index in [1.54, 1.807) is 6.92 Å². The van der Waals surface area contributed by atoms with Crippen LogP contribution in [0.15, 0.2) is 30.3 Å². The molecule has 5 heteroatoms. The third-order valence-corrected chi connectivity index (χ3v) is 3.00. The van der Waals surface area contributed by atoms with E-state index in [-0.39, 0.29) is 0 Å². The lowest BCUT2D eigenvalue weighted by Gasteiger charge is -2.28. The lowest BCUT2D eigenvalue weighted by molar-refractivity contribution is -0.0371. The number of hydrogen-bond donors (Lipinski definition) is 1. The summed E-state index contributed by atoms with van der Waals surface area (Å²) in [5.41, 5.74) is -0.0885. The second-order valence-electron chi connectivity index (χ2n) is 4.52. The highest BCUT2D eigenvalue weighted by molar-refractivity contribution is 5.58. The fourth-order valence-electron chi connectivity index (χ4n) is 1.87. The summed E-state index contributed by atoms with van der Waals surface area (Å²) in [5, 5.41) is 8.90. The monoisotopic (exact) mass is 282 g/mol. The van der Waals surface area contributed by atoms with Gasteiger partial charge in [0.05, 0.1) is 19.8 Å². The Kier molecular flexibility index (Phi) is 7.04. The van der Waals surface area contributed by atoms with E-state index >= 15 is 0 Å². The molecule has 0 spiro atoms. The third-order valence-electron chi connectivity index (χ3n) is 3.00. The average molecular weight is 282 g/mol. The van der Waals surface area contributed by atoms with E-state index in [1.807, 2.05) is 37.3 Å². The Labute approximate surface area is 119 Å². The Bertz CT molecular complexity index is 393. The van der Waals surface area contributed by atoms with Crippen LogP contribution in [0.5, 0.6) is 0 Å². The lowest BCUT2D eigenvalue weighted by Crippen LogP contribution is -2.30. The Morgan fingerprint density at radius 2 is 1.80 bits per heavy atom. The maximum atomic E-state index is 10.9. The summed E-state index contributed by atoms with van der Waals surface area (Å²) in [4.78, 5) is 10.9. The summed E-state index contributed by atoms with van der Waals surface area (Å²) in [6, 6.07) is 9.29. The quantitative estimate of drug-likeness (QED) is 0.557. The van der Waals surface area contributed by atoms with Gasteiger partial charge in [0.1, 0.15) is 5.60 Å². The topological polar surface area (TPSA) is 65.0 Å². The zero-order chi connectivity index (χ0) is 14.8. The van der Waals surface area contributed by atoms with Crippen LogP contribution >= 0.6 is 0 Å². The van der Waals surface area contributed by atoms with Crippen LogP contribution in [0.25, 0.3) is 0 Å². The first-order chi connectivity index (χ1) is 9.58. The molecule has 0 aliphatic rings. The molecule has 0 aliphatic heterocycles. The molecule has 0 bridgehead atoms. The molecule has 0 aromatic heterocycles. The van der Waals surface area contributed by atoms with Gasteiger partial charge >= 0.3 is 6.16 Å². The maximum Gasteiger partial charge on any atom is 0.506 e. The predicted molar refractivity (Wildman–Crippen MR) is 74.8 cm³/mol. The van der Waals surface area contributed by atoms with Gasteiger partial charge in [-0.05, 0) is 19.4 Å². The van der Waals surface area contributed by atoms with E-state index < -0.39 is 11.8 Å². The Morgan fingerprint density at radius 3 is 2.40 bits per heavy atom. The predicted octanol–water partition coefficient (Wildman–Crippen LogP) is 3.04. The third kappa shape index (κ3) is 5.59. The van der Waals surface area contributed by atoms with Crippen LogP contribution in [0.2, 0.25) is 0 Å². The zero-order valence-corrected chi connectivity index (χ0v) is 12.0. The van der Waals surface area contributed by atoms with Crippen molar-refractivity contribution in [1.29, 1.82) is 0 Å². The highest BCUT2D eigenvalue weighted by Crippen LogP contribution is 2.29. The molecule has 112 valence electrons. The van der Waals surface area contributed by atoms with Crippen molar-refractivity contribution in [3.05, 3.63) is 35.9 Å². The second kappa shape index (κ2) is 8.55. The molecule has 1 aromatic carbocycles. The Hall–Kier alpha value is -1.59. The molecule has 1 atom stereocenters. The first kappa shape index (κ1) is 16.5. The van der Waals surface area contributed by atoms with Crippen LogP contribution < -0.4 is 0 Å². The molecule has 1 N–H and O–H groups in total. The number of benzene rings is 1. The van der Waals surface area contributed by atoms with Crippen molar-refractivity contribution < 1.29 is 24.1 Å². The molecule has 1 unspecified atom stereocenters. The van der Waals surface area contributed by atoms with E-state index in [1.165, 1.54) is 0 Å². The van der Waals surface area contributed by atoms with Crippen LogP contribution in [0, 0.1) is 0 Å². The van der Waals surface area contributed by atoms with Gasteiger partial charge in [-0.3, -0.25) is 0 Å². The molecule has 0 aliphatic carbocycles. The summed E-state index contributed by atoms with van der Waals surface area (Å²) in [6.07, 6.45) is -0.833. The van der Waals surface area contributed by atoms with Crippen molar-refractivity contribution in [2.75, 3.05) is 26.4 Å². The highest BCUT2D eigenvalue weighted by Gasteiger charge is 2.30. The number of rotatable bonds is 9. The van der Waals surface area contributed by atoms with E-state index in [9.17, 15) is 4.79 Å². The van der Waals surface area contributed by atoms with Gasteiger partial charge in [-0.25, -0.2) is 4.79 Å². The van der Waals surface area contributed by atoms with Crippen LogP contribution in [-0.4, -0.2) is 37.7 Å². The van der Waals surface area contributed by atoms with Crippen molar-refractivity contribution >= 4 is 6.16 Å². The summed E-state index contributed by atoms with van der Waals surface area (Å²) in [6.45, 7) is 5.78. The molecule has 0 heterocycles. The molecule has 1 aromatic rings. The number of carboxylic acid groups (broad SMARTS) is 1. The molecular formula is C15H22O5. The first-order valence-electron chi connectivity index (χ1n) is 6.71. The summed E-state index contributed by atoms with van der Waals surface area (Å²) >= 11 is 0. The standard InChI is InChI=1S/C15H22O5/c1-3-18-11-12-19-10-9-15(2,20-14(16)17)13-7-5-4-6-8-13/h4-8H,3,9-12H2,1-2H3,(H,16,17). The van der Waals surface area contributed by atoms with Crippen molar-refractivity contribution in [2.24, 2.45) is 0 Å². The van der Waals surface area contributed by atoms with Gasteiger partial charge in [0.25, 0.3) is 0 Å².